The van der Waals surface area contributed by atoms with Crippen molar-refractivity contribution < 1.29 is 14.3 Å². The topological polar surface area (TPSA) is 61.3 Å². The number of rotatable bonds is 5. The van der Waals surface area contributed by atoms with Gasteiger partial charge in [-0.25, -0.2) is 4.98 Å². The molecule has 0 N–H and O–H groups in total. The first-order chi connectivity index (χ1) is 10.8. The average molecular weight is 294 g/mol. The largest absolute Gasteiger partial charge is 0.487 e. The number of ether oxygens (including phenoxy) is 2. The lowest BCUT2D eigenvalue weighted by Gasteiger charge is -2.09. The second-order valence-corrected chi connectivity index (χ2v) is 4.73. The molecule has 0 bridgehead atoms. The van der Waals surface area contributed by atoms with Crippen LogP contribution in [0.4, 0.5) is 0 Å². The fourth-order valence-electron chi connectivity index (χ4n) is 2.15. The number of benzene rings is 1. The van der Waals surface area contributed by atoms with Gasteiger partial charge in [-0.1, -0.05) is 12.1 Å². The third-order valence-electron chi connectivity index (χ3n) is 3.31. The molecule has 0 saturated heterocycles. The molecule has 5 nitrogen and oxygen atoms in total. The van der Waals surface area contributed by atoms with Crippen molar-refractivity contribution >= 4 is 17.1 Å². The van der Waals surface area contributed by atoms with E-state index in [1.165, 1.54) is 13.3 Å². The lowest BCUT2D eigenvalue weighted by molar-refractivity contribution is 0.111. The molecule has 0 atom stereocenters. The summed E-state index contributed by atoms with van der Waals surface area (Å²) in [5.41, 5.74) is 1.41. The predicted molar refractivity (Wildman–Crippen MR) is 82.3 cm³/mol. The molecule has 1 aromatic carbocycles. The van der Waals surface area contributed by atoms with Gasteiger partial charge in [0.25, 0.3) is 0 Å². The highest BCUT2D eigenvalue weighted by Crippen LogP contribution is 2.22. The van der Waals surface area contributed by atoms with E-state index in [2.05, 4.69) is 9.97 Å². The fourth-order valence-corrected chi connectivity index (χ4v) is 2.15. The van der Waals surface area contributed by atoms with Gasteiger partial charge in [-0.2, -0.15) is 0 Å². The van der Waals surface area contributed by atoms with Crippen molar-refractivity contribution in [1.82, 2.24) is 9.97 Å². The van der Waals surface area contributed by atoms with Crippen LogP contribution in [0.15, 0.2) is 48.9 Å². The number of hydrogen-bond acceptors (Lipinski definition) is 5. The minimum absolute atomic E-state index is 0.347. The molecule has 0 aliphatic rings. The third kappa shape index (κ3) is 2.88. The van der Waals surface area contributed by atoms with Gasteiger partial charge < -0.3 is 9.47 Å². The fraction of sp³-hybridized carbons (Fsp3) is 0.118. The number of methoxy groups -OCH3 is 1. The summed E-state index contributed by atoms with van der Waals surface area (Å²) in [6.07, 6.45) is 5.79. The third-order valence-corrected chi connectivity index (χ3v) is 3.31. The summed E-state index contributed by atoms with van der Waals surface area (Å²) in [7, 11) is 1.50. The Morgan fingerprint density at radius 2 is 2.05 bits per heavy atom. The molecule has 0 amide bonds. The monoisotopic (exact) mass is 294 g/mol. The van der Waals surface area contributed by atoms with Gasteiger partial charge in [0, 0.05) is 23.8 Å². The van der Waals surface area contributed by atoms with Crippen molar-refractivity contribution in [2.45, 2.75) is 6.61 Å². The molecule has 0 spiro atoms. The zero-order valence-corrected chi connectivity index (χ0v) is 12.0. The predicted octanol–water partition coefficient (Wildman–Crippen LogP) is 3.03. The standard InChI is InChI=1S/C17H14N2O3/c1-21-17-7-15(10-20)16(9-19-17)22-11-12-2-3-13-4-5-18-8-14(13)6-12/h2-10H,11H2,1H3. The van der Waals surface area contributed by atoms with E-state index in [1.54, 1.807) is 12.3 Å². The second-order valence-electron chi connectivity index (χ2n) is 4.73. The maximum atomic E-state index is 11.1. The maximum Gasteiger partial charge on any atom is 0.213 e. The first-order valence-electron chi connectivity index (χ1n) is 6.75. The van der Waals surface area contributed by atoms with Crippen LogP contribution in [-0.4, -0.2) is 23.4 Å². The number of carbonyl (C=O) groups is 1. The number of carbonyl (C=O) groups excluding carboxylic acids is 1. The van der Waals surface area contributed by atoms with Gasteiger partial charge in [0.05, 0.1) is 18.9 Å². The number of nitrogens with zero attached hydrogens (tertiary/aromatic N) is 2. The Morgan fingerprint density at radius 1 is 1.14 bits per heavy atom. The highest BCUT2D eigenvalue weighted by molar-refractivity contribution is 5.82. The average Bonchev–Trinajstić information content (AvgIpc) is 2.59. The summed E-state index contributed by atoms with van der Waals surface area (Å²) in [5.74, 6) is 0.813. The van der Waals surface area contributed by atoms with Gasteiger partial charge in [0.1, 0.15) is 12.4 Å². The van der Waals surface area contributed by atoms with Gasteiger partial charge in [0.15, 0.2) is 6.29 Å². The van der Waals surface area contributed by atoms with E-state index < -0.39 is 0 Å². The van der Waals surface area contributed by atoms with Crippen LogP contribution in [0.5, 0.6) is 11.6 Å². The quantitative estimate of drug-likeness (QED) is 0.677. The van der Waals surface area contributed by atoms with Crippen LogP contribution in [-0.2, 0) is 6.61 Å². The summed E-state index contributed by atoms with van der Waals surface area (Å²) >= 11 is 0. The summed E-state index contributed by atoms with van der Waals surface area (Å²) in [6, 6.07) is 9.52. The molecule has 2 heterocycles. The highest BCUT2D eigenvalue weighted by atomic mass is 16.5. The van der Waals surface area contributed by atoms with Gasteiger partial charge in [-0.15, -0.1) is 0 Å². The Balaban J connectivity index is 1.80. The number of fused-ring (bicyclic) bond motifs is 1. The van der Waals surface area contributed by atoms with Crippen LogP contribution in [0.25, 0.3) is 10.8 Å². The SMILES string of the molecule is COc1cc(C=O)c(OCc2ccc3ccncc3c2)cn1. The molecule has 3 aromatic rings. The van der Waals surface area contributed by atoms with Crippen molar-refractivity contribution in [2.24, 2.45) is 0 Å². The van der Waals surface area contributed by atoms with Crippen molar-refractivity contribution in [3.05, 3.63) is 60.0 Å². The summed E-state index contributed by atoms with van der Waals surface area (Å²) in [4.78, 5) is 19.3. The summed E-state index contributed by atoms with van der Waals surface area (Å²) in [5, 5.41) is 2.17. The molecular weight excluding hydrogens is 280 g/mol. The van der Waals surface area contributed by atoms with E-state index in [9.17, 15) is 4.79 Å². The van der Waals surface area contributed by atoms with E-state index in [1.807, 2.05) is 30.5 Å². The van der Waals surface area contributed by atoms with Crippen LogP contribution >= 0.6 is 0 Å². The molecule has 0 aliphatic heterocycles. The van der Waals surface area contributed by atoms with Crippen molar-refractivity contribution in [3.63, 3.8) is 0 Å². The second kappa shape index (κ2) is 6.22. The molecule has 3 rings (SSSR count). The van der Waals surface area contributed by atoms with Crippen molar-refractivity contribution in [1.29, 1.82) is 0 Å². The highest BCUT2D eigenvalue weighted by Gasteiger charge is 2.07. The lowest BCUT2D eigenvalue weighted by Crippen LogP contribution is -2.00. The molecule has 110 valence electrons. The molecule has 0 aliphatic carbocycles. The molecule has 0 saturated carbocycles. The number of pyridine rings is 2. The number of aromatic nitrogens is 2. The van der Waals surface area contributed by atoms with Gasteiger partial charge in [0.2, 0.25) is 5.88 Å². The first kappa shape index (κ1) is 14.0. The van der Waals surface area contributed by atoms with Gasteiger partial charge in [-0.05, 0) is 23.1 Å². The van der Waals surface area contributed by atoms with Gasteiger partial charge in [-0.3, -0.25) is 9.78 Å². The van der Waals surface area contributed by atoms with Crippen molar-refractivity contribution in [3.8, 4) is 11.6 Å². The Hall–Kier alpha value is -2.95. The van der Waals surface area contributed by atoms with E-state index in [0.29, 0.717) is 23.8 Å². The number of aldehydes is 1. The van der Waals surface area contributed by atoms with Crippen LogP contribution in [0.3, 0.4) is 0 Å². The molecular formula is C17H14N2O3. The smallest absolute Gasteiger partial charge is 0.213 e. The molecule has 2 aromatic heterocycles. The van der Waals surface area contributed by atoms with E-state index in [4.69, 9.17) is 9.47 Å². The van der Waals surface area contributed by atoms with E-state index in [-0.39, 0.29) is 0 Å². The van der Waals surface area contributed by atoms with E-state index in [0.717, 1.165) is 22.6 Å². The van der Waals surface area contributed by atoms with Crippen molar-refractivity contribution in [2.75, 3.05) is 7.11 Å². The normalized spacial score (nSPS) is 10.4. The first-order valence-corrected chi connectivity index (χ1v) is 6.75. The van der Waals surface area contributed by atoms with Gasteiger partial charge >= 0.3 is 0 Å². The van der Waals surface area contributed by atoms with Crippen LogP contribution in [0, 0.1) is 0 Å². The molecule has 0 radical (unpaired) electrons. The lowest BCUT2D eigenvalue weighted by atomic mass is 10.1. The zero-order valence-electron chi connectivity index (χ0n) is 12.0. The maximum absolute atomic E-state index is 11.1. The molecule has 0 unspecified atom stereocenters. The Labute approximate surface area is 127 Å². The van der Waals surface area contributed by atoms with Crippen LogP contribution in [0.1, 0.15) is 15.9 Å². The summed E-state index contributed by atoms with van der Waals surface area (Å²) in [6.45, 7) is 0.347. The Kier molecular flexibility index (Phi) is 3.96. The molecule has 0 fully saturated rings. The molecule has 22 heavy (non-hydrogen) atoms. The molecule has 5 heteroatoms. The number of hydrogen-bond donors (Lipinski definition) is 0. The minimum atomic E-state index is 0.347. The summed E-state index contributed by atoms with van der Waals surface area (Å²) < 4.78 is 10.7. The minimum Gasteiger partial charge on any atom is -0.487 e. The Bertz CT molecular complexity index is 818. The Morgan fingerprint density at radius 3 is 2.86 bits per heavy atom. The van der Waals surface area contributed by atoms with Crippen LogP contribution < -0.4 is 9.47 Å². The zero-order chi connectivity index (χ0) is 15.4. The van der Waals surface area contributed by atoms with E-state index >= 15 is 0 Å². The van der Waals surface area contributed by atoms with Crippen LogP contribution in [0.2, 0.25) is 0 Å².